The van der Waals surface area contributed by atoms with Gasteiger partial charge in [0.25, 0.3) is 0 Å². The van der Waals surface area contributed by atoms with E-state index in [4.69, 9.17) is 0 Å². The van der Waals surface area contributed by atoms with Crippen LogP contribution in [0.1, 0.15) is 11.5 Å². The summed E-state index contributed by atoms with van der Waals surface area (Å²) in [5.41, 5.74) is 1.74. The smallest absolute Gasteiger partial charge is 0.205 e. The average molecular weight is 187 g/mol. The van der Waals surface area contributed by atoms with Crippen molar-refractivity contribution >= 4 is 0 Å². The molecule has 2 aromatic heterocycles. The fraction of sp³-hybridized carbons (Fsp3) is 0.222. The van der Waals surface area contributed by atoms with Gasteiger partial charge in [0.15, 0.2) is 5.82 Å². The first-order chi connectivity index (χ1) is 6.77. The van der Waals surface area contributed by atoms with Crippen LogP contribution in [-0.4, -0.2) is 25.4 Å². The molecule has 5 nitrogen and oxygen atoms in total. The Morgan fingerprint density at radius 1 is 1.00 bits per heavy atom. The molecule has 0 bridgehead atoms. The lowest BCUT2D eigenvalue weighted by atomic mass is 10.2. The topological polar surface area (TPSA) is 64.5 Å². The summed E-state index contributed by atoms with van der Waals surface area (Å²) < 4.78 is 0. The van der Waals surface area contributed by atoms with Crippen LogP contribution < -0.4 is 0 Å². The molecular formula is C9H9N5. The highest BCUT2D eigenvalue weighted by atomic mass is 15.3. The van der Waals surface area contributed by atoms with Gasteiger partial charge in [0.2, 0.25) is 5.82 Å². The highest BCUT2D eigenvalue weighted by Crippen LogP contribution is 2.14. The first kappa shape index (κ1) is 8.68. The van der Waals surface area contributed by atoms with E-state index in [1.165, 1.54) is 0 Å². The van der Waals surface area contributed by atoms with Gasteiger partial charge in [0.05, 0.1) is 0 Å². The maximum Gasteiger partial charge on any atom is 0.205 e. The highest BCUT2D eigenvalue weighted by Gasteiger charge is 2.05. The molecule has 0 amide bonds. The van der Waals surface area contributed by atoms with Gasteiger partial charge in [-0.05, 0) is 26.0 Å². The monoisotopic (exact) mass is 187 g/mol. The van der Waals surface area contributed by atoms with E-state index in [0.29, 0.717) is 11.6 Å². The SMILES string of the molecule is Cc1nnc(-c2cccnc2C)nn1. The Morgan fingerprint density at radius 2 is 1.71 bits per heavy atom. The van der Waals surface area contributed by atoms with Crippen LogP contribution in [0.15, 0.2) is 18.3 Å². The van der Waals surface area contributed by atoms with E-state index in [9.17, 15) is 0 Å². The van der Waals surface area contributed by atoms with Crippen LogP contribution in [-0.2, 0) is 0 Å². The third-order valence-electron chi connectivity index (χ3n) is 1.83. The van der Waals surface area contributed by atoms with Gasteiger partial charge in [0, 0.05) is 17.5 Å². The maximum atomic E-state index is 4.14. The fourth-order valence-electron chi connectivity index (χ4n) is 1.11. The van der Waals surface area contributed by atoms with Crippen LogP contribution in [0, 0.1) is 13.8 Å². The summed E-state index contributed by atoms with van der Waals surface area (Å²) in [4.78, 5) is 4.14. The number of hydrogen-bond acceptors (Lipinski definition) is 5. The van der Waals surface area contributed by atoms with Crippen molar-refractivity contribution in [3.05, 3.63) is 29.8 Å². The van der Waals surface area contributed by atoms with E-state index in [-0.39, 0.29) is 0 Å². The van der Waals surface area contributed by atoms with Gasteiger partial charge >= 0.3 is 0 Å². The summed E-state index contributed by atoms with van der Waals surface area (Å²) in [6.45, 7) is 3.65. The number of hydrogen-bond donors (Lipinski definition) is 0. The zero-order valence-corrected chi connectivity index (χ0v) is 7.97. The molecule has 5 heteroatoms. The number of pyridine rings is 1. The number of aryl methyl sites for hydroxylation is 2. The van der Waals surface area contributed by atoms with Gasteiger partial charge in [-0.15, -0.1) is 20.4 Å². The highest BCUT2D eigenvalue weighted by molar-refractivity contribution is 5.56. The van der Waals surface area contributed by atoms with Gasteiger partial charge in [-0.3, -0.25) is 4.98 Å². The molecule has 2 aromatic rings. The van der Waals surface area contributed by atoms with Crippen LogP contribution in [0.4, 0.5) is 0 Å². The molecule has 2 rings (SSSR count). The molecule has 0 atom stereocenters. The van der Waals surface area contributed by atoms with Gasteiger partial charge in [-0.1, -0.05) is 0 Å². The molecular weight excluding hydrogens is 178 g/mol. The Morgan fingerprint density at radius 3 is 2.36 bits per heavy atom. The third kappa shape index (κ3) is 1.56. The fourth-order valence-corrected chi connectivity index (χ4v) is 1.11. The molecule has 14 heavy (non-hydrogen) atoms. The molecule has 0 saturated heterocycles. The molecule has 2 heterocycles. The lowest BCUT2D eigenvalue weighted by Gasteiger charge is -2.00. The molecule has 70 valence electrons. The van der Waals surface area contributed by atoms with Crippen LogP contribution in [0.2, 0.25) is 0 Å². The van der Waals surface area contributed by atoms with E-state index in [0.717, 1.165) is 11.3 Å². The van der Waals surface area contributed by atoms with Crippen molar-refractivity contribution in [1.29, 1.82) is 0 Å². The Bertz CT molecular complexity index is 437. The number of aromatic nitrogens is 5. The average Bonchev–Trinajstić information content (AvgIpc) is 2.20. The molecule has 0 radical (unpaired) electrons. The maximum absolute atomic E-state index is 4.14. The third-order valence-corrected chi connectivity index (χ3v) is 1.83. The van der Waals surface area contributed by atoms with Crippen LogP contribution >= 0.6 is 0 Å². The van der Waals surface area contributed by atoms with Crippen molar-refractivity contribution in [3.63, 3.8) is 0 Å². The van der Waals surface area contributed by atoms with Crippen molar-refractivity contribution < 1.29 is 0 Å². The predicted molar refractivity (Wildman–Crippen MR) is 50.3 cm³/mol. The first-order valence-electron chi connectivity index (χ1n) is 4.23. The molecule has 0 aliphatic rings. The van der Waals surface area contributed by atoms with Crippen LogP contribution in [0.25, 0.3) is 11.4 Å². The predicted octanol–water partition coefficient (Wildman–Crippen LogP) is 0.945. The lowest BCUT2D eigenvalue weighted by molar-refractivity contribution is 0.814. The van der Waals surface area contributed by atoms with Crippen molar-refractivity contribution in [2.75, 3.05) is 0 Å². The second-order valence-corrected chi connectivity index (χ2v) is 2.91. The van der Waals surface area contributed by atoms with E-state index >= 15 is 0 Å². The van der Waals surface area contributed by atoms with Gasteiger partial charge < -0.3 is 0 Å². The zero-order chi connectivity index (χ0) is 9.97. The standard InChI is InChI=1S/C9H9N5/c1-6-8(4-3-5-10-6)9-13-11-7(2)12-14-9/h3-5H,1-2H3. The molecule has 0 aromatic carbocycles. The summed E-state index contributed by atoms with van der Waals surface area (Å²) in [7, 11) is 0. The molecule has 0 unspecified atom stereocenters. The molecule has 0 spiro atoms. The minimum Gasteiger partial charge on any atom is -0.261 e. The van der Waals surface area contributed by atoms with E-state index in [2.05, 4.69) is 25.4 Å². The summed E-state index contributed by atoms with van der Waals surface area (Å²) in [6.07, 6.45) is 1.73. The summed E-state index contributed by atoms with van der Waals surface area (Å²) in [5.74, 6) is 1.08. The molecule has 0 saturated carbocycles. The Balaban J connectivity index is 2.50. The van der Waals surface area contributed by atoms with Gasteiger partial charge in [-0.25, -0.2) is 0 Å². The molecule has 0 aliphatic carbocycles. The zero-order valence-electron chi connectivity index (χ0n) is 7.97. The second kappa shape index (κ2) is 3.45. The summed E-state index contributed by atoms with van der Waals surface area (Å²) >= 11 is 0. The van der Waals surface area contributed by atoms with E-state index in [1.807, 2.05) is 19.1 Å². The Labute approximate surface area is 81.3 Å². The van der Waals surface area contributed by atoms with Gasteiger partial charge in [-0.2, -0.15) is 0 Å². The quantitative estimate of drug-likeness (QED) is 0.664. The van der Waals surface area contributed by atoms with Crippen molar-refractivity contribution in [2.24, 2.45) is 0 Å². The normalized spacial score (nSPS) is 10.1. The second-order valence-electron chi connectivity index (χ2n) is 2.91. The van der Waals surface area contributed by atoms with Crippen molar-refractivity contribution in [3.8, 4) is 11.4 Å². The Kier molecular flexibility index (Phi) is 2.14. The van der Waals surface area contributed by atoms with E-state index in [1.54, 1.807) is 13.1 Å². The minimum absolute atomic E-state index is 0.515. The summed E-state index contributed by atoms with van der Waals surface area (Å²) in [6, 6.07) is 3.74. The number of nitrogens with zero attached hydrogens (tertiary/aromatic N) is 5. The largest absolute Gasteiger partial charge is 0.261 e. The Hall–Kier alpha value is -1.91. The molecule has 0 fully saturated rings. The lowest BCUT2D eigenvalue weighted by Crippen LogP contribution is -2.00. The molecule has 0 aliphatic heterocycles. The number of rotatable bonds is 1. The van der Waals surface area contributed by atoms with Gasteiger partial charge in [0.1, 0.15) is 0 Å². The van der Waals surface area contributed by atoms with Crippen LogP contribution in [0.5, 0.6) is 0 Å². The van der Waals surface area contributed by atoms with Crippen LogP contribution in [0.3, 0.4) is 0 Å². The van der Waals surface area contributed by atoms with Crippen molar-refractivity contribution in [1.82, 2.24) is 25.4 Å². The molecule has 0 N–H and O–H groups in total. The minimum atomic E-state index is 0.515. The van der Waals surface area contributed by atoms with E-state index < -0.39 is 0 Å². The van der Waals surface area contributed by atoms with Crippen molar-refractivity contribution in [2.45, 2.75) is 13.8 Å². The first-order valence-corrected chi connectivity index (χ1v) is 4.23. The summed E-state index contributed by atoms with van der Waals surface area (Å²) in [5, 5.41) is 15.6.